The Bertz CT molecular complexity index is 540. The number of hydrogen-bond acceptors (Lipinski definition) is 6. The minimum Gasteiger partial charge on any atom is -0.457 e. The molecule has 1 heterocycles. The van der Waals surface area contributed by atoms with E-state index in [0.29, 0.717) is 0 Å². The quantitative estimate of drug-likeness (QED) is 0.370. The van der Waals surface area contributed by atoms with Crippen molar-refractivity contribution in [1.29, 1.82) is 0 Å². The van der Waals surface area contributed by atoms with Crippen LogP contribution in [0.3, 0.4) is 0 Å². The third kappa shape index (κ3) is 7.07. The van der Waals surface area contributed by atoms with Gasteiger partial charge in [0.15, 0.2) is 0 Å². The van der Waals surface area contributed by atoms with Crippen molar-refractivity contribution >= 4 is 34.5 Å². The van der Waals surface area contributed by atoms with Crippen LogP contribution in [0.15, 0.2) is 21.8 Å². The van der Waals surface area contributed by atoms with Gasteiger partial charge in [-0.2, -0.15) is 0 Å². The summed E-state index contributed by atoms with van der Waals surface area (Å²) in [6.45, 7) is 6.57. The van der Waals surface area contributed by atoms with E-state index in [1.54, 1.807) is 19.1 Å². The van der Waals surface area contributed by atoms with Crippen LogP contribution in [-0.4, -0.2) is 46.1 Å². The van der Waals surface area contributed by atoms with Gasteiger partial charge in [0, 0.05) is 12.8 Å². The maximum Gasteiger partial charge on any atom is 0.309 e. The summed E-state index contributed by atoms with van der Waals surface area (Å²) >= 11 is 2.08. The first-order valence-electron chi connectivity index (χ1n) is 8.29. The smallest absolute Gasteiger partial charge is 0.309 e. The monoisotopic (exact) mass is 466 g/mol. The molecule has 0 amide bonds. The molecule has 7 heteroatoms. The average Bonchev–Trinajstić information content (AvgIpc) is 2.52. The topological polar surface area (TPSA) is 93.1 Å². The Hall–Kier alpha value is -0.930. The van der Waals surface area contributed by atoms with Crippen LogP contribution in [0.1, 0.15) is 47.0 Å². The number of aliphatic hydroxyl groups excluding tert-OH is 1. The van der Waals surface area contributed by atoms with Crippen LogP contribution in [0.2, 0.25) is 0 Å². The average molecular weight is 466 g/mol. The number of rotatable bonds is 2. The molecular formula is C18H27IO6. The highest BCUT2D eigenvalue weighted by Crippen LogP contribution is 2.27. The van der Waals surface area contributed by atoms with Gasteiger partial charge in [-0.3, -0.25) is 9.59 Å². The van der Waals surface area contributed by atoms with Crippen LogP contribution in [0, 0.1) is 5.92 Å². The van der Waals surface area contributed by atoms with Crippen molar-refractivity contribution in [3.8, 4) is 0 Å². The molecule has 0 aliphatic carbocycles. The molecule has 0 unspecified atom stereocenters. The number of ether oxygens (including phenoxy) is 2. The van der Waals surface area contributed by atoms with Crippen molar-refractivity contribution in [3.63, 3.8) is 0 Å². The van der Waals surface area contributed by atoms with Crippen molar-refractivity contribution in [2.24, 2.45) is 5.92 Å². The van der Waals surface area contributed by atoms with Gasteiger partial charge in [0.25, 0.3) is 0 Å². The Balaban J connectivity index is 3.20. The lowest BCUT2D eigenvalue weighted by Crippen LogP contribution is -2.42. The summed E-state index contributed by atoms with van der Waals surface area (Å²) in [5.41, 5.74) is -0.483. The first kappa shape index (κ1) is 22.1. The van der Waals surface area contributed by atoms with Crippen molar-refractivity contribution in [2.75, 3.05) is 0 Å². The van der Waals surface area contributed by atoms with Crippen LogP contribution in [0.5, 0.6) is 0 Å². The standard InChI is InChI=1S/C18H27IO6/c1-11-5-6-15(24-13(3)20)18(4,23)8-7-14(21)9-16(22)25-17(11)12(2)10-19/h5-6,10-11,14-15,17,21,23H,7-9H2,1-4H3/b6-5+,12-10+/t11-,14-,15+,17-,18-/m1/s1. The van der Waals surface area contributed by atoms with E-state index in [1.807, 2.05) is 17.9 Å². The number of aliphatic hydroxyl groups is 2. The predicted octanol–water partition coefficient (Wildman–Crippen LogP) is 2.66. The highest BCUT2D eigenvalue weighted by Gasteiger charge is 2.34. The fraction of sp³-hybridized carbons (Fsp3) is 0.667. The summed E-state index contributed by atoms with van der Waals surface area (Å²) in [6.07, 6.45) is 1.36. The molecule has 25 heavy (non-hydrogen) atoms. The number of cyclic esters (lactones) is 1. The molecule has 0 aromatic heterocycles. The third-order valence-electron chi connectivity index (χ3n) is 4.24. The normalized spacial score (nSPS) is 36.6. The predicted molar refractivity (Wildman–Crippen MR) is 102 cm³/mol. The van der Waals surface area contributed by atoms with E-state index < -0.39 is 35.9 Å². The minimum atomic E-state index is -1.35. The van der Waals surface area contributed by atoms with E-state index in [-0.39, 0.29) is 25.2 Å². The van der Waals surface area contributed by atoms with Gasteiger partial charge in [-0.05, 0) is 42.4 Å². The lowest BCUT2D eigenvalue weighted by Gasteiger charge is -2.32. The Morgan fingerprint density at radius 2 is 2.08 bits per heavy atom. The van der Waals surface area contributed by atoms with Gasteiger partial charge in [-0.25, -0.2) is 0 Å². The van der Waals surface area contributed by atoms with Crippen LogP contribution in [0.4, 0.5) is 0 Å². The van der Waals surface area contributed by atoms with Crippen LogP contribution >= 0.6 is 22.6 Å². The van der Waals surface area contributed by atoms with Crippen LogP contribution in [0.25, 0.3) is 0 Å². The molecule has 0 spiro atoms. The second-order valence-corrected chi connectivity index (χ2v) is 7.41. The maximum absolute atomic E-state index is 12.1. The number of halogens is 1. The SMILES string of the molecule is CC(=O)O[C@H]1/C=C/[C@@H](C)[C@H](/C(C)=C/I)OC(=O)C[C@H](O)CC[C@@]1(C)O. The molecule has 0 aromatic carbocycles. The second-order valence-electron chi connectivity index (χ2n) is 6.79. The van der Waals surface area contributed by atoms with Gasteiger partial charge < -0.3 is 19.7 Å². The highest BCUT2D eigenvalue weighted by molar-refractivity contribution is 14.1. The largest absolute Gasteiger partial charge is 0.457 e. The molecule has 0 radical (unpaired) electrons. The Morgan fingerprint density at radius 1 is 1.44 bits per heavy atom. The molecule has 2 N–H and O–H groups in total. The van der Waals surface area contributed by atoms with Crippen molar-refractivity contribution in [3.05, 3.63) is 21.8 Å². The Morgan fingerprint density at radius 3 is 2.64 bits per heavy atom. The van der Waals surface area contributed by atoms with E-state index in [2.05, 4.69) is 22.6 Å². The van der Waals surface area contributed by atoms with Crippen molar-refractivity contribution in [1.82, 2.24) is 0 Å². The minimum absolute atomic E-state index is 0.143. The lowest BCUT2D eigenvalue weighted by molar-refractivity contribution is -0.157. The second kappa shape index (κ2) is 9.68. The number of carbonyl (C=O) groups is 2. The molecule has 142 valence electrons. The van der Waals surface area contributed by atoms with Gasteiger partial charge >= 0.3 is 11.9 Å². The highest BCUT2D eigenvalue weighted by atomic mass is 127. The fourth-order valence-corrected chi connectivity index (χ4v) is 3.05. The molecule has 0 saturated heterocycles. The van der Waals surface area contributed by atoms with Gasteiger partial charge in [0.2, 0.25) is 0 Å². The fourth-order valence-electron chi connectivity index (χ4n) is 2.69. The van der Waals surface area contributed by atoms with E-state index >= 15 is 0 Å². The first-order chi connectivity index (χ1) is 11.6. The van der Waals surface area contributed by atoms with E-state index in [0.717, 1.165) is 5.57 Å². The first-order valence-corrected chi connectivity index (χ1v) is 9.53. The molecule has 0 fully saturated rings. The number of esters is 2. The van der Waals surface area contributed by atoms with Crippen LogP contribution < -0.4 is 0 Å². The molecule has 5 atom stereocenters. The summed E-state index contributed by atoms with van der Waals surface area (Å²) in [5, 5.41) is 20.7. The van der Waals surface area contributed by atoms with Crippen molar-refractivity contribution in [2.45, 2.75) is 70.9 Å². The van der Waals surface area contributed by atoms with Crippen molar-refractivity contribution < 1.29 is 29.3 Å². The molecule has 1 aliphatic heterocycles. The Labute approximate surface area is 162 Å². The summed E-state index contributed by atoms with van der Waals surface area (Å²) < 4.78 is 12.6. The van der Waals surface area contributed by atoms with E-state index in [4.69, 9.17) is 9.47 Å². The lowest BCUT2D eigenvalue weighted by atomic mass is 9.89. The molecule has 1 aliphatic rings. The molecule has 0 saturated carbocycles. The zero-order valence-corrected chi connectivity index (χ0v) is 17.2. The maximum atomic E-state index is 12.1. The molecular weight excluding hydrogens is 439 g/mol. The third-order valence-corrected chi connectivity index (χ3v) is 5.22. The van der Waals surface area contributed by atoms with E-state index in [1.165, 1.54) is 6.92 Å². The number of hydrogen-bond donors (Lipinski definition) is 2. The van der Waals surface area contributed by atoms with Crippen LogP contribution in [-0.2, 0) is 19.1 Å². The molecule has 1 rings (SSSR count). The zero-order chi connectivity index (χ0) is 19.2. The molecule has 0 aromatic rings. The van der Waals surface area contributed by atoms with Gasteiger partial charge in [0.1, 0.15) is 17.8 Å². The van der Waals surface area contributed by atoms with E-state index in [9.17, 15) is 19.8 Å². The summed E-state index contributed by atoms with van der Waals surface area (Å²) in [7, 11) is 0. The summed E-state index contributed by atoms with van der Waals surface area (Å²) in [5.74, 6) is -1.17. The number of carbonyl (C=O) groups excluding carboxylic acids is 2. The summed E-state index contributed by atoms with van der Waals surface area (Å²) in [4.78, 5) is 23.5. The van der Waals surface area contributed by atoms with Gasteiger partial charge in [-0.15, -0.1) is 0 Å². The van der Waals surface area contributed by atoms with Gasteiger partial charge in [0.05, 0.1) is 12.5 Å². The summed E-state index contributed by atoms with van der Waals surface area (Å²) in [6, 6.07) is 0. The molecule has 6 nitrogen and oxygen atoms in total. The molecule has 0 bridgehead atoms. The van der Waals surface area contributed by atoms with Gasteiger partial charge in [-0.1, -0.05) is 35.6 Å². The Kier molecular flexibility index (Phi) is 8.56. The zero-order valence-electron chi connectivity index (χ0n) is 15.1.